The molecule has 3 rings (SSSR count). The number of aryl methyl sites for hydroxylation is 1. The molecule has 0 aromatic carbocycles. The predicted molar refractivity (Wildman–Crippen MR) is 68.6 cm³/mol. The van der Waals surface area contributed by atoms with Gasteiger partial charge in [0.2, 0.25) is 0 Å². The van der Waals surface area contributed by atoms with Crippen molar-refractivity contribution in [3.8, 4) is 0 Å². The standard InChI is InChI=1S/C14H23N3/c1-10(14-5-6-16-17(14)2)15-9-13-8-11-3-4-12(13)7-11/h5-6,10-13,15H,3-4,7-9H2,1-2H3. The number of nitrogens with one attached hydrogen (secondary N) is 1. The zero-order chi connectivity index (χ0) is 11.8. The van der Waals surface area contributed by atoms with E-state index in [9.17, 15) is 0 Å². The molecule has 2 aliphatic rings. The largest absolute Gasteiger partial charge is 0.309 e. The van der Waals surface area contributed by atoms with Gasteiger partial charge in [-0.3, -0.25) is 4.68 Å². The van der Waals surface area contributed by atoms with Crippen LogP contribution in [0.4, 0.5) is 0 Å². The summed E-state index contributed by atoms with van der Waals surface area (Å²) in [5.41, 5.74) is 1.29. The summed E-state index contributed by atoms with van der Waals surface area (Å²) in [5.74, 6) is 3.01. The first-order valence-electron chi connectivity index (χ1n) is 6.95. The first-order valence-corrected chi connectivity index (χ1v) is 6.95. The molecule has 0 saturated heterocycles. The minimum atomic E-state index is 0.418. The van der Waals surface area contributed by atoms with E-state index in [1.165, 1.54) is 37.9 Å². The lowest BCUT2D eigenvalue weighted by Crippen LogP contribution is -2.29. The minimum absolute atomic E-state index is 0.418. The van der Waals surface area contributed by atoms with Gasteiger partial charge in [-0.2, -0.15) is 5.10 Å². The minimum Gasteiger partial charge on any atom is -0.309 e. The van der Waals surface area contributed by atoms with Crippen molar-refractivity contribution in [3.05, 3.63) is 18.0 Å². The number of nitrogens with zero attached hydrogens (tertiary/aromatic N) is 2. The average Bonchev–Trinajstić information content (AvgIpc) is 3.01. The summed E-state index contributed by atoms with van der Waals surface area (Å²) in [7, 11) is 2.02. The monoisotopic (exact) mass is 233 g/mol. The Hall–Kier alpha value is -0.830. The lowest BCUT2D eigenvalue weighted by atomic mass is 9.88. The number of aromatic nitrogens is 2. The van der Waals surface area contributed by atoms with Gasteiger partial charge < -0.3 is 5.32 Å². The molecule has 3 heteroatoms. The second kappa shape index (κ2) is 4.45. The summed E-state index contributed by atoms with van der Waals surface area (Å²) in [4.78, 5) is 0. The van der Waals surface area contributed by atoms with Crippen LogP contribution < -0.4 is 5.32 Å². The van der Waals surface area contributed by atoms with Crippen LogP contribution in [0.2, 0.25) is 0 Å². The summed E-state index contributed by atoms with van der Waals surface area (Å²) in [6.07, 6.45) is 7.84. The maximum atomic E-state index is 4.23. The van der Waals surface area contributed by atoms with E-state index in [0.29, 0.717) is 6.04 Å². The summed E-state index contributed by atoms with van der Waals surface area (Å²) >= 11 is 0. The van der Waals surface area contributed by atoms with Crippen molar-refractivity contribution in [2.24, 2.45) is 24.8 Å². The molecule has 4 unspecified atom stereocenters. The maximum absolute atomic E-state index is 4.23. The van der Waals surface area contributed by atoms with Crippen LogP contribution in [0.3, 0.4) is 0 Å². The zero-order valence-corrected chi connectivity index (χ0v) is 10.9. The van der Waals surface area contributed by atoms with Gasteiger partial charge in [0.1, 0.15) is 0 Å². The third kappa shape index (κ3) is 2.13. The van der Waals surface area contributed by atoms with Crippen LogP contribution in [-0.2, 0) is 7.05 Å². The number of rotatable bonds is 4. The van der Waals surface area contributed by atoms with Crippen molar-refractivity contribution < 1.29 is 0 Å². The fraction of sp³-hybridized carbons (Fsp3) is 0.786. The molecule has 3 nitrogen and oxygen atoms in total. The lowest BCUT2D eigenvalue weighted by Gasteiger charge is -2.24. The third-order valence-corrected chi connectivity index (χ3v) is 4.87. The van der Waals surface area contributed by atoms with Gasteiger partial charge in [0.05, 0.1) is 5.69 Å². The molecule has 94 valence electrons. The van der Waals surface area contributed by atoms with Crippen LogP contribution >= 0.6 is 0 Å². The van der Waals surface area contributed by atoms with Gasteiger partial charge in [0, 0.05) is 19.3 Å². The van der Waals surface area contributed by atoms with Crippen molar-refractivity contribution >= 4 is 0 Å². The Labute approximate surface area is 104 Å². The molecule has 1 heterocycles. The second-order valence-electron chi connectivity index (χ2n) is 5.94. The normalized spacial score (nSPS) is 33.2. The van der Waals surface area contributed by atoms with E-state index in [-0.39, 0.29) is 0 Å². The molecule has 2 saturated carbocycles. The molecule has 2 aliphatic carbocycles. The highest BCUT2D eigenvalue weighted by atomic mass is 15.3. The highest BCUT2D eigenvalue weighted by Crippen LogP contribution is 2.48. The third-order valence-electron chi connectivity index (χ3n) is 4.87. The van der Waals surface area contributed by atoms with E-state index in [4.69, 9.17) is 0 Å². The molecule has 2 bridgehead atoms. The van der Waals surface area contributed by atoms with Crippen molar-refractivity contribution in [1.82, 2.24) is 15.1 Å². The molecular formula is C14H23N3. The van der Waals surface area contributed by atoms with Gasteiger partial charge in [0.15, 0.2) is 0 Å². The van der Waals surface area contributed by atoms with Crippen LogP contribution in [0.1, 0.15) is 44.3 Å². The Bertz CT molecular complexity index is 385. The Morgan fingerprint density at radius 1 is 1.47 bits per heavy atom. The van der Waals surface area contributed by atoms with Gasteiger partial charge >= 0.3 is 0 Å². The molecule has 0 amide bonds. The second-order valence-corrected chi connectivity index (χ2v) is 5.94. The molecule has 1 N–H and O–H groups in total. The van der Waals surface area contributed by atoms with E-state index >= 15 is 0 Å². The Morgan fingerprint density at radius 2 is 2.35 bits per heavy atom. The molecule has 17 heavy (non-hydrogen) atoms. The first-order chi connectivity index (χ1) is 8.24. The molecule has 1 aromatic rings. The number of fused-ring (bicyclic) bond motifs is 2. The van der Waals surface area contributed by atoms with Gasteiger partial charge in [-0.05, 0) is 56.6 Å². The van der Waals surface area contributed by atoms with Crippen LogP contribution in [0.5, 0.6) is 0 Å². The maximum Gasteiger partial charge on any atom is 0.0547 e. The molecular weight excluding hydrogens is 210 g/mol. The Morgan fingerprint density at radius 3 is 2.94 bits per heavy atom. The molecule has 0 spiro atoms. The van der Waals surface area contributed by atoms with Gasteiger partial charge in [0.25, 0.3) is 0 Å². The van der Waals surface area contributed by atoms with Crippen LogP contribution in [0, 0.1) is 17.8 Å². The SMILES string of the molecule is CC(NCC1CC2CCC1C2)c1ccnn1C. The van der Waals surface area contributed by atoms with Crippen molar-refractivity contribution in [2.75, 3.05) is 6.54 Å². The van der Waals surface area contributed by atoms with Crippen LogP contribution in [-0.4, -0.2) is 16.3 Å². The number of hydrogen-bond donors (Lipinski definition) is 1. The summed E-state index contributed by atoms with van der Waals surface area (Å²) in [5, 5.41) is 7.92. The summed E-state index contributed by atoms with van der Waals surface area (Å²) < 4.78 is 1.97. The molecule has 4 atom stereocenters. The quantitative estimate of drug-likeness (QED) is 0.866. The Kier molecular flexibility index (Phi) is 2.95. The number of hydrogen-bond acceptors (Lipinski definition) is 2. The van der Waals surface area contributed by atoms with Crippen molar-refractivity contribution in [2.45, 2.75) is 38.6 Å². The topological polar surface area (TPSA) is 29.9 Å². The fourth-order valence-corrected chi connectivity index (χ4v) is 3.87. The fourth-order valence-electron chi connectivity index (χ4n) is 3.87. The highest BCUT2D eigenvalue weighted by Gasteiger charge is 2.39. The first kappa shape index (κ1) is 11.3. The van der Waals surface area contributed by atoms with Crippen molar-refractivity contribution in [1.29, 1.82) is 0 Å². The average molecular weight is 233 g/mol. The molecule has 0 radical (unpaired) electrons. The van der Waals surface area contributed by atoms with E-state index in [0.717, 1.165) is 17.8 Å². The van der Waals surface area contributed by atoms with Crippen LogP contribution in [0.25, 0.3) is 0 Å². The van der Waals surface area contributed by atoms with Crippen LogP contribution in [0.15, 0.2) is 12.3 Å². The summed E-state index contributed by atoms with van der Waals surface area (Å²) in [6.45, 7) is 3.43. The smallest absolute Gasteiger partial charge is 0.0547 e. The van der Waals surface area contributed by atoms with E-state index in [1.807, 2.05) is 17.9 Å². The molecule has 0 aliphatic heterocycles. The van der Waals surface area contributed by atoms with E-state index in [2.05, 4.69) is 23.4 Å². The molecule has 2 fully saturated rings. The Balaban J connectivity index is 1.53. The predicted octanol–water partition coefficient (Wildman–Crippen LogP) is 2.51. The van der Waals surface area contributed by atoms with Gasteiger partial charge in [-0.25, -0.2) is 0 Å². The lowest BCUT2D eigenvalue weighted by molar-refractivity contribution is 0.307. The van der Waals surface area contributed by atoms with E-state index in [1.54, 1.807) is 0 Å². The summed E-state index contributed by atoms with van der Waals surface area (Å²) in [6, 6.07) is 2.53. The highest BCUT2D eigenvalue weighted by molar-refractivity contribution is 5.05. The van der Waals surface area contributed by atoms with Gasteiger partial charge in [-0.15, -0.1) is 0 Å². The zero-order valence-electron chi connectivity index (χ0n) is 10.9. The van der Waals surface area contributed by atoms with E-state index < -0.39 is 0 Å². The van der Waals surface area contributed by atoms with Gasteiger partial charge in [-0.1, -0.05) is 6.42 Å². The molecule has 1 aromatic heterocycles. The van der Waals surface area contributed by atoms with Crippen molar-refractivity contribution in [3.63, 3.8) is 0 Å².